The van der Waals surface area contributed by atoms with Crippen molar-refractivity contribution in [2.75, 3.05) is 18.8 Å². The quantitative estimate of drug-likeness (QED) is 0.720. The molecule has 1 saturated heterocycles. The first-order valence-corrected chi connectivity index (χ1v) is 5.12. The van der Waals surface area contributed by atoms with Crippen LogP contribution in [-0.4, -0.2) is 23.1 Å². The normalized spacial score (nSPS) is 18.3. The molecule has 1 aliphatic heterocycles. The van der Waals surface area contributed by atoms with Gasteiger partial charge in [-0.1, -0.05) is 0 Å². The minimum absolute atomic E-state index is 0.360. The molecule has 0 aromatic carbocycles. The molecule has 0 aliphatic carbocycles. The van der Waals surface area contributed by atoms with Crippen LogP contribution >= 0.6 is 0 Å². The minimum atomic E-state index is 0.360. The molecular formula is C10H16N4. The summed E-state index contributed by atoms with van der Waals surface area (Å²) < 4.78 is 0. The average molecular weight is 192 g/mol. The Balaban J connectivity index is 1.92. The van der Waals surface area contributed by atoms with E-state index in [1.165, 1.54) is 18.4 Å². The van der Waals surface area contributed by atoms with Crippen molar-refractivity contribution in [3.05, 3.63) is 18.0 Å². The fourth-order valence-electron chi connectivity index (χ4n) is 1.89. The summed E-state index contributed by atoms with van der Waals surface area (Å²) in [6, 6.07) is 0. The van der Waals surface area contributed by atoms with Crippen LogP contribution in [-0.2, 0) is 6.42 Å². The largest absolute Gasteiger partial charge is 0.368 e. The number of hydrogen-bond donors (Lipinski definition) is 2. The summed E-state index contributed by atoms with van der Waals surface area (Å²) in [5, 5.41) is 3.36. The molecule has 2 rings (SSSR count). The second-order valence-corrected chi connectivity index (χ2v) is 3.85. The first-order valence-electron chi connectivity index (χ1n) is 5.12. The lowest BCUT2D eigenvalue weighted by Crippen LogP contribution is -2.28. The molecule has 4 nitrogen and oxygen atoms in total. The maximum absolute atomic E-state index is 5.43. The van der Waals surface area contributed by atoms with Crippen molar-refractivity contribution < 1.29 is 0 Å². The van der Waals surface area contributed by atoms with E-state index in [1.807, 2.05) is 12.4 Å². The standard InChI is InChI=1S/C10H16N4/c11-10-13-6-9(7-14-10)5-8-1-3-12-4-2-8/h6-8,12H,1-5H2,(H2,11,13,14). The van der Waals surface area contributed by atoms with Crippen LogP contribution in [0.1, 0.15) is 18.4 Å². The van der Waals surface area contributed by atoms with E-state index in [4.69, 9.17) is 5.73 Å². The van der Waals surface area contributed by atoms with Crippen LogP contribution in [0.25, 0.3) is 0 Å². The lowest BCUT2D eigenvalue weighted by molar-refractivity contribution is 0.372. The molecule has 0 unspecified atom stereocenters. The van der Waals surface area contributed by atoms with Gasteiger partial charge < -0.3 is 11.1 Å². The van der Waals surface area contributed by atoms with E-state index < -0.39 is 0 Å². The molecule has 0 spiro atoms. The van der Waals surface area contributed by atoms with Crippen LogP contribution in [0.4, 0.5) is 5.95 Å². The molecule has 4 heteroatoms. The molecule has 0 saturated carbocycles. The van der Waals surface area contributed by atoms with Crippen molar-refractivity contribution in [3.63, 3.8) is 0 Å². The number of piperidine rings is 1. The first-order chi connectivity index (χ1) is 6.84. The highest BCUT2D eigenvalue weighted by atomic mass is 15.0. The Labute approximate surface area is 83.9 Å². The Morgan fingerprint density at radius 1 is 1.29 bits per heavy atom. The molecular weight excluding hydrogens is 176 g/mol. The van der Waals surface area contributed by atoms with Gasteiger partial charge >= 0.3 is 0 Å². The van der Waals surface area contributed by atoms with Gasteiger partial charge in [0.15, 0.2) is 0 Å². The molecule has 2 heterocycles. The fraction of sp³-hybridized carbons (Fsp3) is 0.600. The number of nitrogens with zero attached hydrogens (tertiary/aromatic N) is 2. The van der Waals surface area contributed by atoms with Gasteiger partial charge in [0.1, 0.15) is 0 Å². The molecule has 14 heavy (non-hydrogen) atoms. The number of anilines is 1. The number of nitrogen functional groups attached to an aromatic ring is 1. The molecule has 1 aromatic rings. The zero-order chi connectivity index (χ0) is 9.80. The van der Waals surface area contributed by atoms with E-state index in [1.54, 1.807) is 0 Å². The zero-order valence-corrected chi connectivity index (χ0v) is 8.24. The Hall–Kier alpha value is -1.16. The van der Waals surface area contributed by atoms with Crippen LogP contribution in [0.5, 0.6) is 0 Å². The van der Waals surface area contributed by atoms with E-state index >= 15 is 0 Å². The smallest absolute Gasteiger partial charge is 0.219 e. The lowest BCUT2D eigenvalue weighted by atomic mass is 9.92. The molecule has 1 fully saturated rings. The third-order valence-corrected chi connectivity index (χ3v) is 2.71. The number of hydrogen-bond acceptors (Lipinski definition) is 4. The van der Waals surface area contributed by atoms with E-state index in [2.05, 4.69) is 15.3 Å². The molecule has 76 valence electrons. The summed E-state index contributed by atoms with van der Waals surface area (Å²) in [6.45, 7) is 2.28. The summed E-state index contributed by atoms with van der Waals surface area (Å²) in [6.07, 6.45) is 7.27. The Morgan fingerprint density at radius 3 is 2.57 bits per heavy atom. The van der Waals surface area contributed by atoms with Crippen LogP contribution in [0, 0.1) is 5.92 Å². The Bertz CT molecular complexity index is 277. The summed E-state index contributed by atoms with van der Waals surface area (Å²) >= 11 is 0. The minimum Gasteiger partial charge on any atom is -0.368 e. The molecule has 0 atom stereocenters. The molecule has 0 amide bonds. The van der Waals surface area contributed by atoms with E-state index in [0.29, 0.717) is 5.95 Å². The van der Waals surface area contributed by atoms with Crippen LogP contribution in [0.3, 0.4) is 0 Å². The number of nitrogens with two attached hydrogens (primary N) is 1. The van der Waals surface area contributed by atoms with Crippen molar-refractivity contribution in [1.29, 1.82) is 0 Å². The highest BCUT2D eigenvalue weighted by Gasteiger charge is 2.13. The SMILES string of the molecule is Nc1ncc(CC2CCNCC2)cn1. The maximum Gasteiger partial charge on any atom is 0.219 e. The van der Waals surface area contributed by atoms with Crippen molar-refractivity contribution in [2.45, 2.75) is 19.3 Å². The molecule has 1 aromatic heterocycles. The van der Waals surface area contributed by atoms with Crippen molar-refractivity contribution in [1.82, 2.24) is 15.3 Å². The van der Waals surface area contributed by atoms with E-state index in [0.717, 1.165) is 25.4 Å². The third-order valence-electron chi connectivity index (χ3n) is 2.71. The predicted octanol–water partition coefficient (Wildman–Crippen LogP) is 0.601. The van der Waals surface area contributed by atoms with Gasteiger partial charge in [-0.2, -0.15) is 0 Å². The van der Waals surface area contributed by atoms with Gasteiger partial charge in [-0.05, 0) is 43.8 Å². The van der Waals surface area contributed by atoms with Crippen molar-refractivity contribution in [3.8, 4) is 0 Å². The van der Waals surface area contributed by atoms with Gasteiger partial charge in [0, 0.05) is 12.4 Å². The van der Waals surface area contributed by atoms with Crippen LogP contribution < -0.4 is 11.1 Å². The zero-order valence-electron chi connectivity index (χ0n) is 8.24. The van der Waals surface area contributed by atoms with Gasteiger partial charge in [0.2, 0.25) is 5.95 Å². The predicted molar refractivity (Wildman–Crippen MR) is 55.7 cm³/mol. The summed E-state index contributed by atoms with van der Waals surface area (Å²) in [7, 11) is 0. The van der Waals surface area contributed by atoms with Gasteiger partial charge in [0.05, 0.1) is 0 Å². The van der Waals surface area contributed by atoms with E-state index in [9.17, 15) is 0 Å². The van der Waals surface area contributed by atoms with Crippen molar-refractivity contribution in [2.24, 2.45) is 5.92 Å². The second-order valence-electron chi connectivity index (χ2n) is 3.85. The van der Waals surface area contributed by atoms with Crippen molar-refractivity contribution >= 4 is 5.95 Å². The molecule has 0 bridgehead atoms. The highest BCUT2D eigenvalue weighted by molar-refractivity contribution is 5.17. The molecule has 3 N–H and O–H groups in total. The van der Waals surface area contributed by atoms with Crippen LogP contribution in [0.15, 0.2) is 12.4 Å². The fourth-order valence-corrected chi connectivity index (χ4v) is 1.89. The third kappa shape index (κ3) is 2.42. The van der Waals surface area contributed by atoms with Gasteiger partial charge in [-0.25, -0.2) is 9.97 Å². The number of nitrogens with one attached hydrogen (secondary N) is 1. The molecule has 0 radical (unpaired) electrons. The highest BCUT2D eigenvalue weighted by Crippen LogP contribution is 2.16. The second kappa shape index (κ2) is 4.37. The van der Waals surface area contributed by atoms with E-state index in [-0.39, 0.29) is 0 Å². The summed E-state index contributed by atoms with van der Waals surface area (Å²) in [5.41, 5.74) is 6.63. The first kappa shape index (κ1) is 9.40. The van der Waals surface area contributed by atoms with Crippen LogP contribution in [0.2, 0.25) is 0 Å². The Kier molecular flexibility index (Phi) is 2.93. The number of aromatic nitrogens is 2. The monoisotopic (exact) mass is 192 g/mol. The topological polar surface area (TPSA) is 63.8 Å². The Morgan fingerprint density at radius 2 is 1.93 bits per heavy atom. The van der Waals surface area contributed by atoms with Gasteiger partial charge in [-0.3, -0.25) is 0 Å². The maximum atomic E-state index is 5.43. The number of rotatable bonds is 2. The van der Waals surface area contributed by atoms with Gasteiger partial charge in [0.25, 0.3) is 0 Å². The lowest BCUT2D eigenvalue weighted by Gasteiger charge is -2.22. The molecule has 1 aliphatic rings. The average Bonchev–Trinajstić information content (AvgIpc) is 2.23. The summed E-state index contributed by atoms with van der Waals surface area (Å²) in [4.78, 5) is 7.99. The summed E-state index contributed by atoms with van der Waals surface area (Å²) in [5.74, 6) is 1.14. The van der Waals surface area contributed by atoms with Gasteiger partial charge in [-0.15, -0.1) is 0 Å².